The second-order valence-corrected chi connectivity index (χ2v) is 10.00. The van der Waals surface area contributed by atoms with Crippen LogP contribution < -0.4 is 10.2 Å². The average Bonchev–Trinajstić information content (AvgIpc) is 3.08. The molecule has 0 spiro atoms. The molecule has 0 radical (unpaired) electrons. The van der Waals surface area contributed by atoms with E-state index in [2.05, 4.69) is 10.3 Å². The number of sulfone groups is 1. The highest BCUT2D eigenvalue weighted by Gasteiger charge is 2.47. The van der Waals surface area contributed by atoms with E-state index >= 15 is 0 Å². The number of carbonyl (C=O) groups is 3. The number of hydrogen-bond acceptors (Lipinski definition) is 6. The normalized spacial score (nSPS) is 16.3. The predicted molar refractivity (Wildman–Crippen MR) is 126 cm³/mol. The molecule has 1 unspecified atom stereocenters. The SMILES string of the molecule is CC1C(=O)N(c2ccc(S(=O)(=O)C(F)(F)F)cc2)C(=O)N1Cc1ccncc1NC(=O)c1ccccc1. The van der Waals surface area contributed by atoms with Crippen molar-refractivity contribution in [3.05, 3.63) is 84.2 Å². The summed E-state index contributed by atoms with van der Waals surface area (Å²) < 4.78 is 61.7. The number of nitrogens with zero attached hydrogens (tertiary/aromatic N) is 3. The maximum Gasteiger partial charge on any atom is 0.501 e. The van der Waals surface area contributed by atoms with Gasteiger partial charge in [0.2, 0.25) is 0 Å². The van der Waals surface area contributed by atoms with Crippen LogP contribution in [-0.2, 0) is 21.2 Å². The van der Waals surface area contributed by atoms with Crippen molar-refractivity contribution in [1.29, 1.82) is 0 Å². The Labute approximate surface area is 209 Å². The van der Waals surface area contributed by atoms with E-state index in [0.29, 0.717) is 28.9 Å². The Morgan fingerprint density at radius 3 is 2.30 bits per heavy atom. The number of benzene rings is 2. The fourth-order valence-electron chi connectivity index (χ4n) is 3.70. The molecule has 4 amide bonds. The van der Waals surface area contributed by atoms with E-state index in [-0.39, 0.29) is 12.2 Å². The second kappa shape index (κ2) is 9.65. The Morgan fingerprint density at radius 1 is 1.03 bits per heavy atom. The quantitative estimate of drug-likeness (QED) is 0.480. The molecule has 192 valence electrons. The number of imide groups is 1. The molecular formula is C24H19F3N4O5S. The van der Waals surface area contributed by atoms with Crippen molar-refractivity contribution < 1.29 is 36.0 Å². The van der Waals surface area contributed by atoms with Crippen molar-refractivity contribution in [2.45, 2.75) is 29.9 Å². The molecule has 37 heavy (non-hydrogen) atoms. The van der Waals surface area contributed by atoms with Crippen LogP contribution in [0.4, 0.5) is 29.3 Å². The molecule has 1 saturated heterocycles. The van der Waals surface area contributed by atoms with E-state index in [1.54, 1.807) is 36.4 Å². The third-order valence-corrected chi connectivity index (χ3v) is 7.23. The third-order valence-electron chi connectivity index (χ3n) is 5.73. The number of halogens is 3. The second-order valence-electron chi connectivity index (χ2n) is 8.06. The minimum Gasteiger partial charge on any atom is -0.320 e. The van der Waals surface area contributed by atoms with Crippen LogP contribution in [-0.4, -0.2) is 47.7 Å². The molecule has 2 heterocycles. The monoisotopic (exact) mass is 532 g/mol. The molecule has 2 aromatic carbocycles. The number of carbonyl (C=O) groups excluding carboxylic acids is 3. The van der Waals surface area contributed by atoms with E-state index in [4.69, 9.17) is 0 Å². The van der Waals surface area contributed by atoms with Gasteiger partial charge in [0.1, 0.15) is 6.04 Å². The summed E-state index contributed by atoms with van der Waals surface area (Å²) in [6, 6.07) is 11.6. The van der Waals surface area contributed by atoms with Gasteiger partial charge in [-0.3, -0.25) is 14.6 Å². The van der Waals surface area contributed by atoms with Crippen LogP contribution in [0.2, 0.25) is 0 Å². The summed E-state index contributed by atoms with van der Waals surface area (Å²) in [7, 11) is -5.58. The Morgan fingerprint density at radius 2 is 1.68 bits per heavy atom. The average molecular weight is 533 g/mol. The largest absolute Gasteiger partial charge is 0.501 e. The lowest BCUT2D eigenvalue weighted by Crippen LogP contribution is -2.33. The van der Waals surface area contributed by atoms with Crippen LogP contribution in [0, 0.1) is 0 Å². The number of urea groups is 1. The van der Waals surface area contributed by atoms with Crippen molar-refractivity contribution in [3.8, 4) is 0 Å². The van der Waals surface area contributed by atoms with Crippen LogP contribution >= 0.6 is 0 Å². The number of aromatic nitrogens is 1. The lowest BCUT2D eigenvalue weighted by Gasteiger charge is -2.21. The summed E-state index contributed by atoms with van der Waals surface area (Å²) >= 11 is 0. The van der Waals surface area contributed by atoms with Gasteiger partial charge in [-0.1, -0.05) is 18.2 Å². The summed E-state index contributed by atoms with van der Waals surface area (Å²) in [5.41, 5.74) is -4.36. The number of pyridine rings is 1. The first-order chi connectivity index (χ1) is 17.4. The third kappa shape index (κ3) is 4.89. The van der Waals surface area contributed by atoms with Gasteiger partial charge < -0.3 is 10.2 Å². The zero-order valence-electron chi connectivity index (χ0n) is 19.1. The van der Waals surface area contributed by atoms with Crippen molar-refractivity contribution in [2.75, 3.05) is 10.2 Å². The topological polar surface area (TPSA) is 117 Å². The molecule has 0 bridgehead atoms. The Bertz CT molecular complexity index is 1460. The minimum absolute atomic E-state index is 0.0854. The fraction of sp³-hybridized carbons (Fsp3) is 0.167. The van der Waals surface area contributed by atoms with E-state index in [1.807, 2.05) is 0 Å². The summed E-state index contributed by atoms with van der Waals surface area (Å²) in [5.74, 6) is -1.05. The van der Waals surface area contributed by atoms with E-state index in [9.17, 15) is 36.0 Å². The van der Waals surface area contributed by atoms with Crippen LogP contribution in [0.15, 0.2) is 78.0 Å². The van der Waals surface area contributed by atoms with E-state index in [0.717, 1.165) is 17.0 Å². The van der Waals surface area contributed by atoms with Gasteiger partial charge in [-0.25, -0.2) is 18.1 Å². The first-order valence-corrected chi connectivity index (χ1v) is 12.3. The molecule has 0 aliphatic carbocycles. The van der Waals surface area contributed by atoms with Gasteiger partial charge in [0.05, 0.1) is 29.0 Å². The number of amides is 4. The van der Waals surface area contributed by atoms with Crippen molar-refractivity contribution in [3.63, 3.8) is 0 Å². The lowest BCUT2D eigenvalue weighted by molar-refractivity contribution is -0.119. The molecule has 3 aromatic rings. The zero-order valence-corrected chi connectivity index (χ0v) is 20.0. The Kier molecular flexibility index (Phi) is 6.74. The van der Waals surface area contributed by atoms with Crippen LogP contribution in [0.3, 0.4) is 0 Å². The fourth-order valence-corrected chi connectivity index (χ4v) is 4.46. The molecule has 13 heteroatoms. The molecule has 1 N–H and O–H groups in total. The zero-order chi connectivity index (χ0) is 27.0. The molecular weight excluding hydrogens is 513 g/mol. The molecule has 9 nitrogen and oxygen atoms in total. The first kappa shape index (κ1) is 25.8. The van der Waals surface area contributed by atoms with Gasteiger partial charge in [0.15, 0.2) is 0 Å². The maximum atomic E-state index is 13.2. The highest BCUT2D eigenvalue weighted by Crippen LogP contribution is 2.33. The van der Waals surface area contributed by atoms with Gasteiger partial charge in [0.25, 0.3) is 21.7 Å². The number of alkyl halides is 3. The summed E-state index contributed by atoms with van der Waals surface area (Å²) in [6.45, 7) is 1.39. The summed E-state index contributed by atoms with van der Waals surface area (Å²) in [4.78, 5) is 43.6. The smallest absolute Gasteiger partial charge is 0.320 e. The molecule has 1 fully saturated rings. The lowest BCUT2D eigenvalue weighted by atomic mass is 10.1. The van der Waals surface area contributed by atoms with Crippen LogP contribution in [0.1, 0.15) is 22.8 Å². The predicted octanol–water partition coefficient (Wildman–Crippen LogP) is 3.98. The molecule has 0 saturated carbocycles. The molecule has 1 aromatic heterocycles. The maximum absolute atomic E-state index is 13.2. The number of anilines is 2. The van der Waals surface area contributed by atoms with Gasteiger partial charge in [-0.05, 0) is 55.0 Å². The number of nitrogens with one attached hydrogen (secondary N) is 1. The van der Waals surface area contributed by atoms with Gasteiger partial charge in [-0.15, -0.1) is 0 Å². The molecule has 4 rings (SSSR count). The van der Waals surface area contributed by atoms with E-state index < -0.39 is 44.1 Å². The highest BCUT2D eigenvalue weighted by molar-refractivity contribution is 7.92. The summed E-state index contributed by atoms with van der Waals surface area (Å²) in [6.07, 6.45) is 2.86. The van der Waals surface area contributed by atoms with Gasteiger partial charge >= 0.3 is 11.5 Å². The Hall–Kier alpha value is -4.26. The number of rotatable bonds is 6. The Balaban J connectivity index is 1.56. The molecule has 1 atom stereocenters. The summed E-state index contributed by atoms with van der Waals surface area (Å²) in [5, 5.41) is 2.73. The number of hydrogen-bond donors (Lipinski definition) is 1. The molecule has 1 aliphatic rings. The van der Waals surface area contributed by atoms with E-state index in [1.165, 1.54) is 24.2 Å². The minimum atomic E-state index is -5.58. The van der Waals surface area contributed by atoms with Gasteiger partial charge in [0, 0.05) is 11.8 Å². The van der Waals surface area contributed by atoms with Crippen LogP contribution in [0.5, 0.6) is 0 Å². The molecule has 1 aliphatic heterocycles. The van der Waals surface area contributed by atoms with Crippen molar-refractivity contribution in [1.82, 2.24) is 9.88 Å². The van der Waals surface area contributed by atoms with Gasteiger partial charge in [-0.2, -0.15) is 13.2 Å². The van der Waals surface area contributed by atoms with Crippen LogP contribution in [0.25, 0.3) is 0 Å². The highest BCUT2D eigenvalue weighted by atomic mass is 32.2. The standard InChI is InChI=1S/C24H19F3N4O5S/c1-15-22(33)31(18-7-9-19(10-8-18)37(35,36)24(25,26)27)23(34)30(15)14-17-11-12-28-13-20(17)29-21(32)16-5-3-2-4-6-16/h2-13,15H,14H2,1H3,(H,29,32). The first-order valence-electron chi connectivity index (χ1n) is 10.8. The van der Waals surface area contributed by atoms with Crippen molar-refractivity contribution in [2.24, 2.45) is 0 Å². The van der Waals surface area contributed by atoms with Crippen molar-refractivity contribution >= 4 is 39.1 Å².